The minimum absolute atomic E-state index is 0.0525. The first-order valence-corrected chi connectivity index (χ1v) is 3.65. The highest BCUT2D eigenvalue weighted by Gasteiger charge is 2.04. The largest absolute Gasteiger partial charge is 0.295 e. The Morgan fingerprint density at radius 1 is 1.55 bits per heavy atom. The van der Waals surface area contributed by atoms with Crippen molar-refractivity contribution in [1.82, 2.24) is 0 Å². The van der Waals surface area contributed by atoms with E-state index in [0.29, 0.717) is 5.57 Å². The molecule has 0 unspecified atom stereocenters. The van der Waals surface area contributed by atoms with E-state index in [1.54, 1.807) is 12.2 Å². The van der Waals surface area contributed by atoms with Crippen molar-refractivity contribution in [3.05, 3.63) is 36.5 Å². The molecule has 0 aromatic carbocycles. The molecule has 1 nitrogen and oxygen atoms in total. The molecule has 0 aliphatic heterocycles. The molecule has 0 rings (SSSR count). The van der Waals surface area contributed by atoms with E-state index < -0.39 is 0 Å². The van der Waals surface area contributed by atoms with Gasteiger partial charge in [-0.15, -0.1) is 0 Å². The summed E-state index contributed by atoms with van der Waals surface area (Å²) in [5.74, 6) is 0.0525. The molecule has 0 aliphatic rings. The van der Waals surface area contributed by atoms with Crippen LogP contribution < -0.4 is 0 Å². The molecule has 0 spiro atoms. The summed E-state index contributed by atoms with van der Waals surface area (Å²) in [6.07, 6.45) is 4.12. The minimum atomic E-state index is 0.0525. The molecule has 0 aromatic heterocycles. The van der Waals surface area contributed by atoms with Gasteiger partial charge in [0.15, 0.2) is 5.78 Å². The Labute approximate surface area is 68.1 Å². The lowest BCUT2D eigenvalue weighted by Gasteiger charge is -2.02. The molecule has 0 N–H and O–H groups in total. The number of carbonyl (C=O) groups excluding carboxylic acids is 1. The molecule has 0 saturated carbocycles. The third-order valence-electron chi connectivity index (χ3n) is 1.47. The fraction of sp³-hybridized carbons (Fsp3) is 0.300. The van der Waals surface area contributed by atoms with Gasteiger partial charge >= 0.3 is 0 Å². The van der Waals surface area contributed by atoms with Gasteiger partial charge in [-0.25, -0.2) is 0 Å². The third-order valence-corrected chi connectivity index (χ3v) is 1.47. The van der Waals surface area contributed by atoms with Crippen LogP contribution in [0.5, 0.6) is 0 Å². The minimum Gasteiger partial charge on any atom is -0.295 e. The van der Waals surface area contributed by atoms with Gasteiger partial charge in [0.2, 0.25) is 0 Å². The summed E-state index contributed by atoms with van der Waals surface area (Å²) in [4.78, 5) is 11.0. The molecule has 0 atom stereocenters. The third kappa shape index (κ3) is 2.99. The second-order valence-electron chi connectivity index (χ2n) is 2.33. The van der Waals surface area contributed by atoms with E-state index in [2.05, 4.69) is 13.2 Å². The first-order valence-electron chi connectivity index (χ1n) is 3.65. The van der Waals surface area contributed by atoms with Gasteiger partial charge in [0.05, 0.1) is 0 Å². The van der Waals surface area contributed by atoms with Crippen LogP contribution in [0, 0.1) is 0 Å². The number of carbonyl (C=O) groups is 1. The Balaban J connectivity index is 4.61. The summed E-state index contributed by atoms with van der Waals surface area (Å²) >= 11 is 0. The maximum atomic E-state index is 11.0. The van der Waals surface area contributed by atoms with Gasteiger partial charge in [-0.1, -0.05) is 32.2 Å². The second kappa shape index (κ2) is 4.67. The zero-order valence-corrected chi connectivity index (χ0v) is 7.18. The average Bonchev–Trinajstić information content (AvgIpc) is 1.98. The Kier molecular flexibility index (Phi) is 4.20. The SMILES string of the molecule is C=C/C=C(\C(=C)CC)C(C)=O. The molecule has 0 saturated heterocycles. The van der Waals surface area contributed by atoms with Crippen molar-refractivity contribution in [2.45, 2.75) is 20.3 Å². The van der Waals surface area contributed by atoms with E-state index in [1.165, 1.54) is 6.92 Å². The maximum Gasteiger partial charge on any atom is 0.160 e. The van der Waals surface area contributed by atoms with Crippen molar-refractivity contribution >= 4 is 5.78 Å². The molecule has 0 heterocycles. The first kappa shape index (κ1) is 9.89. The highest BCUT2D eigenvalue weighted by Crippen LogP contribution is 2.12. The van der Waals surface area contributed by atoms with Crippen molar-refractivity contribution in [1.29, 1.82) is 0 Å². The molecule has 11 heavy (non-hydrogen) atoms. The molecule has 0 aliphatic carbocycles. The molecular formula is C10H14O. The predicted octanol–water partition coefficient (Wildman–Crippen LogP) is 2.65. The highest BCUT2D eigenvalue weighted by atomic mass is 16.1. The van der Waals surface area contributed by atoms with E-state index in [4.69, 9.17) is 0 Å². The van der Waals surface area contributed by atoms with E-state index in [0.717, 1.165) is 12.0 Å². The van der Waals surface area contributed by atoms with Crippen LogP contribution in [0.25, 0.3) is 0 Å². The number of rotatable bonds is 4. The van der Waals surface area contributed by atoms with Crippen molar-refractivity contribution in [3.8, 4) is 0 Å². The Bertz CT molecular complexity index is 209. The average molecular weight is 150 g/mol. The van der Waals surface area contributed by atoms with E-state index in [1.807, 2.05) is 6.92 Å². The summed E-state index contributed by atoms with van der Waals surface area (Å²) in [7, 11) is 0. The molecular weight excluding hydrogens is 136 g/mol. The molecule has 0 fully saturated rings. The summed E-state index contributed by atoms with van der Waals surface area (Å²) in [6, 6.07) is 0. The standard InChI is InChI=1S/C10H14O/c1-5-7-10(9(4)11)8(3)6-2/h5,7H,1,3,6H2,2,4H3/b10-7+. The second-order valence-corrected chi connectivity index (χ2v) is 2.33. The molecule has 0 radical (unpaired) electrons. The van der Waals surface area contributed by atoms with Gasteiger partial charge < -0.3 is 0 Å². The van der Waals surface area contributed by atoms with Crippen molar-refractivity contribution in [2.75, 3.05) is 0 Å². The first-order chi connectivity index (χ1) is 5.13. The zero-order valence-electron chi connectivity index (χ0n) is 7.18. The number of hydrogen-bond donors (Lipinski definition) is 0. The molecule has 0 bridgehead atoms. The highest BCUT2D eigenvalue weighted by molar-refractivity contribution is 5.97. The lowest BCUT2D eigenvalue weighted by Crippen LogP contribution is -1.98. The van der Waals surface area contributed by atoms with Crippen LogP contribution in [0.1, 0.15) is 20.3 Å². The fourth-order valence-corrected chi connectivity index (χ4v) is 0.792. The monoisotopic (exact) mass is 150 g/mol. The predicted molar refractivity (Wildman–Crippen MR) is 48.4 cm³/mol. The molecule has 0 aromatic rings. The van der Waals surface area contributed by atoms with E-state index >= 15 is 0 Å². The lowest BCUT2D eigenvalue weighted by atomic mass is 10.0. The van der Waals surface area contributed by atoms with Gasteiger partial charge in [0.25, 0.3) is 0 Å². The number of Topliss-reactive ketones (excluding diaryl/α,β-unsaturated/α-hetero) is 1. The Morgan fingerprint density at radius 3 is 2.36 bits per heavy atom. The summed E-state index contributed by atoms with van der Waals surface area (Å²) in [5.41, 5.74) is 1.56. The molecule has 1 heteroatoms. The van der Waals surface area contributed by atoms with Crippen LogP contribution in [0.15, 0.2) is 36.5 Å². The smallest absolute Gasteiger partial charge is 0.160 e. The lowest BCUT2D eigenvalue weighted by molar-refractivity contribution is -0.113. The molecule has 0 amide bonds. The van der Waals surface area contributed by atoms with Crippen LogP contribution >= 0.6 is 0 Å². The quantitative estimate of drug-likeness (QED) is 0.445. The molecule has 60 valence electrons. The van der Waals surface area contributed by atoms with Crippen molar-refractivity contribution < 1.29 is 4.79 Å². The van der Waals surface area contributed by atoms with Crippen molar-refractivity contribution in [2.24, 2.45) is 0 Å². The Hall–Kier alpha value is -1.11. The van der Waals surface area contributed by atoms with Gasteiger partial charge in [0.1, 0.15) is 0 Å². The van der Waals surface area contributed by atoms with Gasteiger partial charge in [-0.2, -0.15) is 0 Å². The van der Waals surface area contributed by atoms with Crippen LogP contribution in [-0.2, 0) is 4.79 Å². The van der Waals surface area contributed by atoms with Crippen LogP contribution in [-0.4, -0.2) is 5.78 Å². The normalized spacial score (nSPS) is 10.9. The van der Waals surface area contributed by atoms with Gasteiger partial charge in [-0.05, 0) is 18.9 Å². The summed E-state index contributed by atoms with van der Waals surface area (Å²) in [5, 5.41) is 0. The van der Waals surface area contributed by atoms with Gasteiger partial charge in [-0.3, -0.25) is 4.79 Å². The van der Waals surface area contributed by atoms with Crippen LogP contribution in [0.3, 0.4) is 0 Å². The van der Waals surface area contributed by atoms with E-state index in [-0.39, 0.29) is 5.78 Å². The van der Waals surface area contributed by atoms with Crippen LogP contribution in [0.2, 0.25) is 0 Å². The van der Waals surface area contributed by atoms with Crippen molar-refractivity contribution in [3.63, 3.8) is 0 Å². The maximum absolute atomic E-state index is 11.0. The van der Waals surface area contributed by atoms with Crippen LogP contribution in [0.4, 0.5) is 0 Å². The Morgan fingerprint density at radius 2 is 2.09 bits per heavy atom. The number of ketones is 1. The zero-order chi connectivity index (χ0) is 8.85. The van der Waals surface area contributed by atoms with Gasteiger partial charge in [0, 0.05) is 5.57 Å². The fourth-order valence-electron chi connectivity index (χ4n) is 0.792. The van der Waals surface area contributed by atoms with E-state index in [9.17, 15) is 4.79 Å². The number of allylic oxidation sites excluding steroid dienone is 4. The summed E-state index contributed by atoms with van der Waals surface area (Å²) < 4.78 is 0. The summed E-state index contributed by atoms with van der Waals surface area (Å²) in [6.45, 7) is 10.8. The topological polar surface area (TPSA) is 17.1 Å². The number of hydrogen-bond acceptors (Lipinski definition) is 1.